The summed E-state index contributed by atoms with van der Waals surface area (Å²) in [6.07, 6.45) is 7.35. The average Bonchev–Trinajstić information content (AvgIpc) is 2.16. The normalized spacial score (nSPS) is 18.9. The summed E-state index contributed by atoms with van der Waals surface area (Å²) < 4.78 is 0. The van der Waals surface area contributed by atoms with E-state index in [9.17, 15) is 9.59 Å². The third-order valence-electron chi connectivity index (χ3n) is 2.84. The number of carboxylic acids is 2. The van der Waals surface area contributed by atoms with Crippen LogP contribution in [0.5, 0.6) is 0 Å². The smallest absolute Gasteiger partial charge is 0.481 e. The van der Waals surface area contributed by atoms with E-state index in [1.54, 1.807) is 0 Å². The van der Waals surface area contributed by atoms with Gasteiger partial charge in [0.15, 0.2) is 0 Å². The first-order valence-electron chi connectivity index (χ1n) is 6.00. The average molecular weight is 250 g/mol. The van der Waals surface area contributed by atoms with Crippen LogP contribution in [-0.2, 0) is 9.59 Å². The molecular formula is C13H23LiO4. The summed E-state index contributed by atoms with van der Waals surface area (Å²) in [6.45, 7) is 7.04. The molecule has 0 radical (unpaired) electrons. The van der Waals surface area contributed by atoms with E-state index < -0.39 is 18.4 Å². The number of hydrogen-bond acceptors (Lipinski definition) is 2. The zero-order chi connectivity index (χ0) is 13.5. The number of carboxylic acid groups (broad SMARTS) is 2. The van der Waals surface area contributed by atoms with Gasteiger partial charge in [-0.05, 0) is 0 Å². The Kier molecular flexibility index (Phi) is 10.4. The molecule has 1 rings (SSSR count). The van der Waals surface area contributed by atoms with E-state index in [2.05, 4.69) is 27.2 Å². The van der Waals surface area contributed by atoms with Crippen LogP contribution in [0.1, 0.15) is 52.9 Å². The Bertz CT molecular complexity index is 240. The van der Waals surface area contributed by atoms with Crippen molar-refractivity contribution in [3.63, 3.8) is 0 Å². The third-order valence-corrected chi connectivity index (χ3v) is 2.84. The van der Waals surface area contributed by atoms with E-state index in [-0.39, 0.29) is 18.9 Å². The second-order valence-electron chi connectivity index (χ2n) is 5.46. The Morgan fingerprint density at radius 3 is 1.83 bits per heavy atom. The van der Waals surface area contributed by atoms with Gasteiger partial charge in [0, 0.05) is 0 Å². The molecule has 1 fully saturated rings. The predicted molar refractivity (Wildman–Crippen MR) is 65.6 cm³/mol. The van der Waals surface area contributed by atoms with Gasteiger partial charge in [0.05, 0.1) is 0 Å². The van der Waals surface area contributed by atoms with E-state index in [1.165, 1.54) is 25.7 Å². The van der Waals surface area contributed by atoms with Crippen molar-refractivity contribution in [3.8, 4) is 0 Å². The van der Waals surface area contributed by atoms with E-state index in [0.29, 0.717) is 5.41 Å². The Morgan fingerprint density at radius 1 is 1.17 bits per heavy atom. The van der Waals surface area contributed by atoms with Crippen molar-refractivity contribution in [1.29, 1.82) is 0 Å². The maximum atomic E-state index is 9.43. The van der Waals surface area contributed by atoms with Gasteiger partial charge in [-0.3, -0.25) is 9.59 Å². The van der Waals surface area contributed by atoms with Crippen LogP contribution in [0.2, 0.25) is 0 Å². The third kappa shape index (κ3) is 10.7. The van der Waals surface area contributed by atoms with Crippen molar-refractivity contribution in [1.82, 2.24) is 0 Å². The van der Waals surface area contributed by atoms with Gasteiger partial charge in [0.25, 0.3) is 0 Å². The van der Waals surface area contributed by atoms with Gasteiger partial charge in [-0.25, -0.2) is 0 Å². The van der Waals surface area contributed by atoms with Gasteiger partial charge in [-0.2, -0.15) is 12.3 Å². The van der Waals surface area contributed by atoms with Gasteiger partial charge < -0.3 is 16.6 Å². The molecule has 0 saturated heterocycles. The van der Waals surface area contributed by atoms with Crippen molar-refractivity contribution in [2.75, 3.05) is 0 Å². The summed E-state index contributed by atoms with van der Waals surface area (Å²) in [7, 11) is 0. The van der Waals surface area contributed by atoms with Crippen molar-refractivity contribution < 1.29 is 38.7 Å². The quantitative estimate of drug-likeness (QED) is 0.410. The molecule has 4 nitrogen and oxygen atoms in total. The van der Waals surface area contributed by atoms with Crippen LogP contribution in [0, 0.1) is 17.8 Å². The predicted octanol–water partition coefficient (Wildman–Crippen LogP) is -0.0233. The van der Waals surface area contributed by atoms with Crippen molar-refractivity contribution in [3.05, 3.63) is 6.42 Å². The first kappa shape index (κ1) is 19.9. The Morgan fingerprint density at radius 2 is 1.67 bits per heavy atom. The molecule has 0 aliphatic heterocycles. The van der Waals surface area contributed by atoms with E-state index >= 15 is 0 Å². The van der Waals surface area contributed by atoms with E-state index in [4.69, 9.17) is 10.2 Å². The fourth-order valence-corrected chi connectivity index (χ4v) is 1.86. The topological polar surface area (TPSA) is 74.6 Å². The summed E-state index contributed by atoms with van der Waals surface area (Å²) in [4.78, 5) is 18.9. The van der Waals surface area contributed by atoms with Gasteiger partial charge in [0.2, 0.25) is 0 Å². The van der Waals surface area contributed by atoms with Crippen LogP contribution in [0.15, 0.2) is 0 Å². The molecule has 100 valence electrons. The number of rotatable bonds is 2. The summed E-state index contributed by atoms with van der Waals surface area (Å²) in [5, 5.41) is 15.4. The van der Waals surface area contributed by atoms with Crippen molar-refractivity contribution in [2.45, 2.75) is 52.9 Å². The van der Waals surface area contributed by atoms with Gasteiger partial charge in [-0.1, -0.05) is 45.4 Å². The second kappa shape index (κ2) is 9.47. The number of hydrogen-bond donors (Lipinski definition) is 2. The maximum Gasteiger partial charge on any atom is 1.00 e. The maximum absolute atomic E-state index is 9.43. The summed E-state index contributed by atoms with van der Waals surface area (Å²) in [5.74, 6) is -1.75. The van der Waals surface area contributed by atoms with Crippen LogP contribution in [0.4, 0.5) is 0 Å². The van der Waals surface area contributed by atoms with Crippen LogP contribution in [0.25, 0.3) is 0 Å². The van der Waals surface area contributed by atoms with Crippen LogP contribution in [0.3, 0.4) is 0 Å². The molecule has 0 spiro atoms. The fourth-order valence-electron chi connectivity index (χ4n) is 1.86. The number of aliphatic carboxylic acids is 2. The number of carbonyl (C=O) groups is 2. The van der Waals surface area contributed by atoms with Crippen molar-refractivity contribution >= 4 is 11.9 Å². The molecule has 0 aromatic heterocycles. The minimum atomic E-state index is -1.31. The minimum Gasteiger partial charge on any atom is -0.481 e. The first-order chi connectivity index (χ1) is 7.73. The molecule has 0 heterocycles. The zero-order valence-corrected chi connectivity index (χ0v) is 11.9. The molecule has 0 bridgehead atoms. The fraction of sp³-hybridized carbons (Fsp3) is 0.769. The molecule has 0 amide bonds. The molecule has 1 unspecified atom stereocenters. The minimum absolute atomic E-state index is 0. The molecule has 2 N–H and O–H groups in total. The molecule has 1 aliphatic rings. The largest absolute Gasteiger partial charge is 1.00 e. The Balaban J connectivity index is 0. The molecule has 0 aromatic rings. The van der Waals surface area contributed by atoms with E-state index in [1.807, 2.05) is 0 Å². The summed E-state index contributed by atoms with van der Waals surface area (Å²) in [5.41, 5.74) is 0.514. The zero-order valence-electron chi connectivity index (χ0n) is 11.9. The Labute approximate surface area is 121 Å². The second-order valence-corrected chi connectivity index (χ2v) is 5.46. The first-order valence-corrected chi connectivity index (χ1v) is 6.00. The molecule has 18 heavy (non-hydrogen) atoms. The summed E-state index contributed by atoms with van der Waals surface area (Å²) in [6, 6.07) is 0. The molecule has 1 aliphatic carbocycles. The monoisotopic (exact) mass is 250 g/mol. The van der Waals surface area contributed by atoms with E-state index in [0.717, 1.165) is 5.92 Å². The Hall–Kier alpha value is -0.463. The van der Waals surface area contributed by atoms with Gasteiger partial charge in [-0.15, -0.1) is 0 Å². The molecule has 1 atom stereocenters. The van der Waals surface area contributed by atoms with Crippen LogP contribution in [-0.4, -0.2) is 22.2 Å². The summed E-state index contributed by atoms with van der Waals surface area (Å²) >= 11 is 0. The van der Waals surface area contributed by atoms with Crippen LogP contribution >= 0.6 is 0 Å². The SMILES string of the molecule is CC(C)(C)C1[CH-]CCCC1.O=C(O)CC(=O)O.[Li+]. The standard InChI is InChI=1S/C10H19.C3H4O4.Li/c1-10(2,3)9-7-5-4-6-8-9;4-2(5)1-3(6)7;/h7,9H,4-6,8H2,1-3H3;1H2,(H,4,5)(H,6,7);/q-1;;+1. The van der Waals surface area contributed by atoms with Crippen LogP contribution < -0.4 is 18.9 Å². The van der Waals surface area contributed by atoms with Crippen molar-refractivity contribution in [2.24, 2.45) is 11.3 Å². The van der Waals surface area contributed by atoms with Gasteiger partial charge >= 0.3 is 30.8 Å². The molecular weight excluding hydrogens is 227 g/mol. The molecule has 5 heteroatoms. The molecule has 0 aromatic carbocycles. The molecule has 1 saturated carbocycles. The van der Waals surface area contributed by atoms with Gasteiger partial charge in [0.1, 0.15) is 6.42 Å².